The molecular weight excluding hydrogens is 477 g/mol. The third-order valence-corrected chi connectivity index (χ3v) is 5.70. The zero-order valence-electron chi connectivity index (χ0n) is 19.6. The molecule has 0 saturated carbocycles. The molecule has 0 aliphatic heterocycles. The maximum atomic E-state index is 12.9. The van der Waals surface area contributed by atoms with Crippen LogP contribution < -0.4 is 4.74 Å². The Hall–Kier alpha value is -2.83. The highest BCUT2D eigenvalue weighted by molar-refractivity contribution is 6.36. The fourth-order valence-electron chi connectivity index (χ4n) is 3.47. The van der Waals surface area contributed by atoms with Crippen molar-refractivity contribution in [2.45, 2.75) is 46.5 Å². The van der Waals surface area contributed by atoms with Crippen molar-refractivity contribution < 1.29 is 23.5 Å². The second-order valence-electron chi connectivity index (χ2n) is 8.11. The van der Waals surface area contributed by atoms with Gasteiger partial charge in [-0.3, -0.25) is 4.79 Å². The Kier molecular flexibility index (Phi) is 8.75. The van der Waals surface area contributed by atoms with Crippen LogP contribution in [0.2, 0.25) is 10.0 Å². The molecule has 0 N–H and O–H groups in total. The van der Waals surface area contributed by atoms with Crippen molar-refractivity contribution in [1.29, 1.82) is 0 Å². The van der Waals surface area contributed by atoms with E-state index in [9.17, 15) is 9.59 Å². The van der Waals surface area contributed by atoms with Gasteiger partial charge in [-0.2, -0.15) is 0 Å². The second-order valence-corrected chi connectivity index (χ2v) is 8.95. The number of carbonyl (C=O) groups is 2. The average Bonchev–Trinajstić information content (AvgIpc) is 3.21. The lowest BCUT2D eigenvalue weighted by atomic mass is 10.0. The van der Waals surface area contributed by atoms with Crippen molar-refractivity contribution in [2.24, 2.45) is 0 Å². The van der Waals surface area contributed by atoms with E-state index in [0.717, 1.165) is 17.0 Å². The standard InChI is InChI=1S/C26H27Cl2NO5/c1-5-32-24(31)14-33-23-11-6-17(12-16(23)4)22(30)10-9-21-25(15(2)3)34-26(29-21)19-8-7-18(27)13-20(19)28/h6-8,11-13,15H,5,9-10,14H2,1-4H3. The lowest BCUT2D eigenvalue weighted by Gasteiger charge is -2.10. The van der Waals surface area contributed by atoms with Crippen molar-refractivity contribution in [3.8, 4) is 17.2 Å². The second kappa shape index (κ2) is 11.5. The summed E-state index contributed by atoms with van der Waals surface area (Å²) in [6, 6.07) is 10.3. The minimum atomic E-state index is -0.435. The lowest BCUT2D eigenvalue weighted by Crippen LogP contribution is -2.15. The summed E-state index contributed by atoms with van der Waals surface area (Å²) in [5.41, 5.74) is 2.71. The van der Waals surface area contributed by atoms with Gasteiger partial charge in [0, 0.05) is 29.3 Å². The third-order valence-electron chi connectivity index (χ3n) is 5.15. The Morgan fingerprint density at radius 3 is 2.53 bits per heavy atom. The summed E-state index contributed by atoms with van der Waals surface area (Å²) in [6.07, 6.45) is 0.698. The quantitative estimate of drug-likeness (QED) is 0.222. The predicted molar refractivity (Wildman–Crippen MR) is 132 cm³/mol. The van der Waals surface area contributed by atoms with Crippen LogP contribution in [0.5, 0.6) is 5.75 Å². The highest BCUT2D eigenvalue weighted by Crippen LogP contribution is 2.33. The first kappa shape index (κ1) is 25.8. The number of ether oxygens (including phenoxy) is 2. The van der Waals surface area contributed by atoms with Gasteiger partial charge in [-0.15, -0.1) is 0 Å². The molecule has 6 nitrogen and oxygen atoms in total. The van der Waals surface area contributed by atoms with E-state index < -0.39 is 5.97 Å². The number of Topliss-reactive ketones (excluding diaryl/α,β-unsaturated/α-hetero) is 1. The summed E-state index contributed by atoms with van der Waals surface area (Å²) in [5.74, 6) is 1.31. The minimum Gasteiger partial charge on any atom is -0.482 e. The molecule has 0 spiro atoms. The van der Waals surface area contributed by atoms with Gasteiger partial charge in [0.1, 0.15) is 11.5 Å². The van der Waals surface area contributed by atoms with E-state index in [1.54, 1.807) is 43.3 Å². The molecule has 0 fully saturated rings. The van der Waals surface area contributed by atoms with Crippen molar-refractivity contribution in [2.75, 3.05) is 13.2 Å². The van der Waals surface area contributed by atoms with Gasteiger partial charge in [0.15, 0.2) is 12.4 Å². The normalized spacial score (nSPS) is 11.0. The number of aryl methyl sites for hydroxylation is 2. The van der Waals surface area contributed by atoms with Gasteiger partial charge in [-0.25, -0.2) is 9.78 Å². The predicted octanol–water partition coefficient (Wildman–Crippen LogP) is 6.84. The molecule has 0 amide bonds. The Balaban J connectivity index is 1.71. The summed E-state index contributed by atoms with van der Waals surface area (Å²) >= 11 is 12.3. The van der Waals surface area contributed by atoms with Crippen LogP contribution in [0.15, 0.2) is 40.8 Å². The minimum absolute atomic E-state index is 0.0242. The lowest BCUT2D eigenvalue weighted by molar-refractivity contribution is -0.145. The van der Waals surface area contributed by atoms with E-state index in [-0.39, 0.29) is 24.7 Å². The number of ketones is 1. The van der Waals surface area contributed by atoms with Gasteiger partial charge < -0.3 is 13.9 Å². The first-order valence-corrected chi connectivity index (χ1v) is 11.8. The van der Waals surface area contributed by atoms with E-state index in [4.69, 9.17) is 37.1 Å². The van der Waals surface area contributed by atoms with E-state index in [1.165, 1.54) is 0 Å². The first-order valence-electron chi connectivity index (χ1n) is 11.1. The molecule has 3 rings (SSSR count). The van der Waals surface area contributed by atoms with E-state index in [0.29, 0.717) is 45.8 Å². The Labute approximate surface area is 209 Å². The molecule has 0 unspecified atom stereocenters. The van der Waals surface area contributed by atoms with Crippen LogP contribution in [0.25, 0.3) is 11.5 Å². The van der Waals surface area contributed by atoms with Crippen LogP contribution in [0.4, 0.5) is 0 Å². The summed E-state index contributed by atoms with van der Waals surface area (Å²) in [5, 5.41) is 0.982. The zero-order valence-corrected chi connectivity index (χ0v) is 21.1. The Morgan fingerprint density at radius 2 is 1.88 bits per heavy atom. The fourth-order valence-corrected chi connectivity index (χ4v) is 3.96. The number of hydrogen-bond donors (Lipinski definition) is 0. The van der Waals surface area contributed by atoms with Crippen LogP contribution in [-0.2, 0) is 16.0 Å². The number of rotatable bonds is 10. The topological polar surface area (TPSA) is 78.6 Å². The van der Waals surface area contributed by atoms with Crippen molar-refractivity contribution in [3.63, 3.8) is 0 Å². The van der Waals surface area contributed by atoms with Gasteiger partial charge >= 0.3 is 5.97 Å². The zero-order chi connectivity index (χ0) is 24.8. The van der Waals surface area contributed by atoms with Gasteiger partial charge in [0.2, 0.25) is 5.89 Å². The number of oxazole rings is 1. The number of benzene rings is 2. The summed E-state index contributed by atoms with van der Waals surface area (Å²) in [4.78, 5) is 29.0. The molecule has 34 heavy (non-hydrogen) atoms. The molecule has 3 aromatic rings. The summed E-state index contributed by atoms with van der Waals surface area (Å²) in [7, 11) is 0. The maximum absolute atomic E-state index is 12.9. The van der Waals surface area contributed by atoms with Gasteiger partial charge in [-0.05, 0) is 55.8 Å². The third kappa shape index (κ3) is 6.39. The smallest absolute Gasteiger partial charge is 0.344 e. The van der Waals surface area contributed by atoms with Gasteiger partial charge in [0.25, 0.3) is 0 Å². The van der Waals surface area contributed by atoms with Crippen LogP contribution in [0.3, 0.4) is 0 Å². The largest absolute Gasteiger partial charge is 0.482 e. The molecule has 1 aromatic heterocycles. The highest BCUT2D eigenvalue weighted by Gasteiger charge is 2.20. The molecule has 0 saturated heterocycles. The number of halogens is 2. The number of hydrogen-bond acceptors (Lipinski definition) is 6. The molecular formula is C26H27Cl2NO5. The molecule has 0 aliphatic carbocycles. The monoisotopic (exact) mass is 503 g/mol. The molecule has 2 aromatic carbocycles. The average molecular weight is 504 g/mol. The molecule has 180 valence electrons. The van der Waals surface area contributed by atoms with Gasteiger partial charge in [0.05, 0.1) is 22.9 Å². The van der Waals surface area contributed by atoms with Crippen LogP contribution in [0.1, 0.15) is 60.5 Å². The molecule has 1 heterocycles. The van der Waals surface area contributed by atoms with E-state index in [1.807, 2.05) is 20.8 Å². The van der Waals surface area contributed by atoms with Crippen LogP contribution in [0, 0.1) is 6.92 Å². The van der Waals surface area contributed by atoms with Crippen LogP contribution >= 0.6 is 23.2 Å². The van der Waals surface area contributed by atoms with E-state index in [2.05, 4.69) is 4.98 Å². The number of carbonyl (C=O) groups excluding carboxylic acids is 2. The van der Waals surface area contributed by atoms with Crippen molar-refractivity contribution in [1.82, 2.24) is 4.98 Å². The fraction of sp³-hybridized carbons (Fsp3) is 0.346. The maximum Gasteiger partial charge on any atom is 0.344 e. The highest BCUT2D eigenvalue weighted by atomic mass is 35.5. The number of aromatic nitrogens is 1. The molecule has 0 atom stereocenters. The first-order chi connectivity index (χ1) is 16.2. The summed E-state index contributed by atoms with van der Waals surface area (Å²) in [6.45, 7) is 7.71. The Bertz CT molecular complexity index is 1190. The molecule has 0 bridgehead atoms. The Morgan fingerprint density at radius 1 is 1.12 bits per heavy atom. The van der Waals surface area contributed by atoms with Crippen molar-refractivity contribution >= 4 is 35.0 Å². The molecule has 0 radical (unpaired) electrons. The number of esters is 1. The van der Waals surface area contributed by atoms with Crippen LogP contribution in [-0.4, -0.2) is 30.0 Å². The van der Waals surface area contributed by atoms with Crippen molar-refractivity contribution in [3.05, 3.63) is 69.0 Å². The summed E-state index contributed by atoms with van der Waals surface area (Å²) < 4.78 is 16.4. The number of nitrogens with zero attached hydrogens (tertiary/aromatic N) is 1. The molecule has 0 aliphatic rings. The SMILES string of the molecule is CCOC(=O)COc1ccc(C(=O)CCc2nc(-c3ccc(Cl)cc3Cl)oc2C(C)C)cc1C. The molecule has 8 heteroatoms. The van der Waals surface area contributed by atoms with Gasteiger partial charge in [-0.1, -0.05) is 37.0 Å². The van der Waals surface area contributed by atoms with E-state index >= 15 is 0 Å².